The maximum atomic E-state index is 8.68. The zero-order chi connectivity index (χ0) is 9.80. The Morgan fingerprint density at radius 1 is 1.36 bits per heavy atom. The monoisotopic (exact) mass is 187 g/mol. The van der Waals surface area contributed by atoms with E-state index in [1.807, 2.05) is 18.2 Å². The number of nitrogens with one attached hydrogen (secondary N) is 1. The molecule has 1 saturated carbocycles. The first-order valence-corrected chi connectivity index (χ1v) is 5.02. The zero-order valence-corrected chi connectivity index (χ0v) is 8.03. The molecule has 3 nitrogen and oxygen atoms in total. The predicted molar refractivity (Wildman–Crippen MR) is 54.8 cm³/mol. The van der Waals surface area contributed by atoms with E-state index in [0.717, 1.165) is 5.82 Å². The average molecular weight is 187 g/mol. The van der Waals surface area contributed by atoms with E-state index in [4.69, 9.17) is 5.26 Å². The lowest BCUT2D eigenvalue weighted by Gasteiger charge is -2.11. The summed E-state index contributed by atoms with van der Waals surface area (Å²) < 4.78 is 0. The molecule has 0 spiro atoms. The smallest absolute Gasteiger partial charge is 0.142 e. The summed E-state index contributed by atoms with van der Waals surface area (Å²) in [6.07, 6.45) is 5.04. The molecular weight excluding hydrogens is 174 g/mol. The normalized spacial score (nSPS) is 16.5. The fourth-order valence-electron chi connectivity index (χ4n) is 1.86. The van der Waals surface area contributed by atoms with Crippen LogP contribution in [0.15, 0.2) is 18.2 Å². The van der Waals surface area contributed by atoms with E-state index in [1.54, 1.807) is 6.07 Å². The topological polar surface area (TPSA) is 48.7 Å². The number of nitrogens with zero attached hydrogens (tertiary/aromatic N) is 2. The van der Waals surface area contributed by atoms with Gasteiger partial charge in [-0.3, -0.25) is 0 Å². The van der Waals surface area contributed by atoms with Crippen LogP contribution in [0.5, 0.6) is 0 Å². The van der Waals surface area contributed by atoms with Gasteiger partial charge in [-0.15, -0.1) is 0 Å². The van der Waals surface area contributed by atoms with Gasteiger partial charge in [0.2, 0.25) is 0 Å². The Morgan fingerprint density at radius 2 is 2.14 bits per heavy atom. The Balaban J connectivity index is 2.05. The van der Waals surface area contributed by atoms with E-state index in [2.05, 4.69) is 10.3 Å². The molecule has 1 aliphatic carbocycles. The summed E-state index contributed by atoms with van der Waals surface area (Å²) in [4.78, 5) is 4.18. The fraction of sp³-hybridized carbons (Fsp3) is 0.455. The maximum Gasteiger partial charge on any atom is 0.142 e. The molecule has 1 aromatic rings. The van der Waals surface area contributed by atoms with Gasteiger partial charge in [0.05, 0.1) is 0 Å². The Bertz CT molecular complexity index is 348. The molecule has 0 radical (unpaired) electrons. The van der Waals surface area contributed by atoms with Crippen LogP contribution in [0.3, 0.4) is 0 Å². The van der Waals surface area contributed by atoms with Crippen molar-refractivity contribution < 1.29 is 0 Å². The molecule has 1 fully saturated rings. The van der Waals surface area contributed by atoms with Crippen LogP contribution in [0.1, 0.15) is 31.4 Å². The van der Waals surface area contributed by atoms with Gasteiger partial charge in [0.25, 0.3) is 0 Å². The minimum absolute atomic E-state index is 0.480. The second kappa shape index (κ2) is 4.10. The molecule has 1 heterocycles. The first-order valence-electron chi connectivity index (χ1n) is 5.02. The molecule has 0 atom stereocenters. The molecular formula is C11H13N3. The van der Waals surface area contributed by atoms with Gasteiger partial charge >= 0.3 is 0 Å². The van der Waals surface area contributed by atoms with Gasteiger partial charge < -0.3 is 5.32 Å². The first-order chi connectivity index (χ1) is 6.88. The number of hydrogen-bond donors (Lipinski definition) is 1. The second-order valence-electron chi connectivity index (χ2n) is 3.65. The van der Waals surface area contributed by atoms with E-state index in [1.165, 1.54) is 25.7 Å². The molecule has 3 heteroatoms. The van der Waals surface area contributed by atoms with Crippen molar-refractivity contribution in [1.29, 1.82) is 5.26 Å². The maximum absolute atomic E-state index is 8.68. The lowest BCUT2D eigenvalue weighted by atomic mass is 10.2. The highest BCUT2D eigenvalue weighted by Crippen LogP contribution is 2.21. The predicted octanol–water partition coefficient (Wildman–Crippen LogP) is 2.31. The molecule has 72 valence electrons. The highest BCUT2D eigenvalue weighted by Gasteiger charge is 2.14. The van der Waals surface area contributed by atoms with Crippen molar-refractivity contribution in [3.05, 3.63) is 23.9 Å². The Labute approximate surface area is 83.8 Å². The van der Waals surface area contributed by atoms with Crippen molar-refractivity contribution in [2.24, 2.45) is 0 Å². The number of nitriles is 1. The average Bonchev–Trinajstić information content (AvgIpc) is 2.71. The molecule has 0 aliphatic heterocycles. The number of rotatable bonds is 2. The van der Waals surface area contributed by atoms with Crippen LogP contribution in [0.25, 0.3) is 0 Å². The van der Waals surface area contributed by atoms with Crippen LogP contribution in [-0.4, -0.2) is 11.0 Å². The molecule has 0 saturated heterocycles. The van der Waals surface area contributed by atoms with Gasteiger partial charge in [-0.05, 0) is 25.0 Å². The molecule has 0 bridgehead atoms. The Kier molecular flexibility index (Phi) is 2.64. The van der Waals surface area contributed by atoms with Crippen molar-refractivity contribution >= 4 is 5.82 Å². The molecule has 14 heavy (non-hydrogen) atoms. The van der Waals surface area contributed by atoms with Crippen LogP contribution in [0, 0.1) is 11.3 Å². The van der Waals surface area contributed by atoms with Crippen molar-refractivity contribution in [2.75, 3.05) is 5.32 Å². The quantitative estimate of drug-likeness (QED) is 0.772. The third-order valence-corrected chi connectivity index (χ3v) is 2.57. The minimum atomic E-state index is 0.480. The van der Waals surface area contributed by atoms with E-state index in [-0.39, 0.29) is 0 Å². The number of anilines is 1. The molecule has 0 aromatic carbocycles. The van der Waals surface area contributed by atoms with E-state index < -0.39 is 0 Å². The van der Waals surface area contributed by atoms with Gasteiger partial charge in [-0.1, -0.05) is 18.9 Å². The van der Waals surface area contributed by atoms with Crippen LogP contribution in [-0.2, 0) is 0 Å². The van der Waals surface area contributed by atoms with Crippen LogP contribution >= 0.6 is 0 Å². The summed E-state index contributed by atoms with van der Waals surface area (Å²) >= 11 is 0. The SMILES string of the molecule is N#Cc1cccc(NC2CCCC2)n1. The van der Waals surface area contributed by atoms with Crippen molar-refractivity contribution in [3.8, 4) is 6.07 Å². The molecule has 2 rings (SSSR count). The van der Waals surface area contributed by atoms with Crippen molar-refractivity contribution in [2.45, 2.75) is 31.7 Å². The summed E-state index contributed by atoms with van der Waals surface area (Å²) in [7, 11) is 0. The molecule has 1 N–H and O–H groups in total. The van der Waals surface area contributed by atoms with Gasteiger partial charge in [0, 0.05) is 6.04 Å². The number of aromatic nitrogens is 1. The molecule has 1 aromatic heterocycles. The number of hydrogen-bond acceptors (Lipinski definition) is 3. The standard InChI is InChI=1S/C11H13N3/c12-8-10-6-3-7-11(14-10)13-9-4-1-2-5-9/h3,6-7,9H,1-2,4-5H2,(H,13,14). The third-order valence-electron chi connectivity index (χ3n) is 2.57. The molecule has 0 unspecified atom stereocenters. The van der Waals surface area contributed by atoms with Crippen molar-refractivity contribution in [3.63, 3.8) is 0 Å². The van der Waals surface area contributed by atoms with Gasteiger partial charge in [0.1, 0.15) is 17.6 Å². The first kappa shape index (κ1) is 9.01. The lowest BCUT2D eigenvalue weighted by molar-refractivity contribution is 0.750. The largest absolute Gasteiger partial charge is 0.367 e. The van der Waals surface area contributed by atoms with Crippen molar-refractivity contribution in [1.82, 2.24) is 4.98 Å². The summed E-state index contributed by atoms with van der Waals surface area (Å²) in [5, 5.41) is 12.0. The van der Waals surface area contributed by atoms with Gasteiger partial charge in [-0.25, -0.2) is 4.98 Å². The van der Waals surface area contributed by atoms with E-state index >= 15 is 0 Å². The fourth-order valence-corrected chi connectivity index (χ4v) is 1.86. The summed E-state index contributed by atoms with van der Waals surface area (Å²) in [6.45, 7) is 0. The van der Waals surface area contributed by atoms with Crippen LogP contribution in [0.2, 0.25) is 0 Å². The van der Waals surface area contributed by atoms with Crippen LogP contribution < -0.4 is 5.32 Å². The second-order valence-corrected chi connectivity index (χ2v) is 3.65. The molecule has 0 amide bonds. The van der Waals surface area contributed by atoms with E-state index in [9.17, 15) is 0 Å². The number of pyridine rings is 1. The summed E-state index contributed by atoms with van der Waals surface area (Å²) in [6, 6.07) is 8.10. The van der Waals surface area contributed by atoms with Crippen LogP contribution in [0.4, 0.5) is 5.82 Å². The highest BCUT2D eigenvalue weighted by atomic mass is 15.0. The third kappa shape index (κ3) is 2.02. The highest BCUT2D eigenvalue weighted by molar-refractivity contribution is 5.39. The van der Waals surface area contributed by atoms with Gasteiger partial charge in [0.15, 0.2) is 0 Å². The summed E-state index contributed by atoms with van der Waals surface area (Å²) in [5.41, 5.74) is 0.480. The Hall–Kier alpha value is -1.56. The van der Waals surface area contributed by atoms with E-state index in [0.29, 0.717) is 11.7 Å². The lowest BCUT2D eigenvalue weighted by Crippen LogP contribution is -2.15. The summed E-state index contributed by atoms with van der Waals surface area (Å²) in [5.74, 6) is 0.830. The molecule has 1 aliphatic rings. The van der Waals surface area contributed by atoms with Gasteiger partial charge in [-0.2, -0.15) is 5.26 Å². The zero-order valence-electron chi connectivity index (χ0n) is 8.03. The Morgan fingerprint density at radius 3 is 2.86 bits per heavy atom. The minimum Gasteiger partial charge on any atom is -0.367 e.